The van der Waals surface area contributed by atoms with Gasteiger partial charge in [-0.25, -0.2) is 9.37 Å². The summed E-state index contributed by atoms with van der Waals surface area (Å²) in [5.74, 6) is -1.01. The summed E-state index contributed by atoms with van der Waals surface area (Å²) in [5, 5.41) is 2.28. The molecular weight excluding hydrogens is 328 g/mol. The van der Waals surface area contributed by atoms with Crippen molar-refractivity contribution in [2.45, 2.75) is 25.8 Å². The number of pyridine rings is 1. The maximum atomic E-state index is 13.0. The zero-order valence-corrected chi connectivity index (χ0v) is 13.5. The molecule has 1 N–H and O–H groups in total. The molecule has 0 saturated heterocycles. The van der Waals surface area contributed by atoms with Crippen LogP contribution in [-0.2, 0) is 6.18 Å². The second kappa shape index (κ2) is 6.31. The largest absolute Gasteiger partial charge is 0.434 e. The zero-order valence-electron chi connectivity index (χ0n) is 11.7. The number of nitrogens with zero attached hydrogens (tertiary/aromatic N) is 1. The van der Waals surface area contributed by atoms with Gasteiger partial charge < -0.3 is 5.32 Å². The predicted octanol–water partition coefficient (Wildman–Crippen LogP) is 3.00. The minimum absolute atomic E-state index is 0.247. The molecule has 1 aromatic heterocycles. The van der Waals surface area contributed by atoms with Crippen LogP contribution in [0.15, 0.2) is 6.07 Å². The average Bonchev–Trinajstić information content (AvgIpc) is 2.32. The van der Waals surface area contributed by atoms with Gasteiger partial charge in [0.25, 0.3) is 5.91 Å². The molecule has 21 heavy (non-hydrogen) atoms. The van der Waals surface area contributed by atoms with Crippen LogP contribution in [0.3, 0.4) is 0 Å². The first-order valence-electron chi connectivity index (χ1n) is 6.11. The van der Waals surface area contributed by atoms with E-state index in [-0.39, 0.29) is 11.7 Å². The molecule has 0 bridgehead atoms. The van der Waals surface area contributed by atoms with Crippen molar-refractivity contribution in [1.29, 1.82) is 0 Å². The third-order valence-corrected chi connectivity index (χ3v) is 5.12. The molecule has 0 saturated carbocycles. The summed E-state index contributed by atoms with van der Waals surface area (Å²) < 4.78 is 51.0. The fourth-order valence-electron chi connectivity index (χ4n) is 1.66. The molecule has 0 aliphatic carbocycles. The van der Waals surface area contributed by atoms with Gasteiger partial charge in [0.1, 0.15) is 11.8 Å². The number of amides is 1. The van der Waals surface area contributed by atoms with Crippen LogP contribution < -0.4 is 10.5 Å². The Hall–Kier alpha value is -1.15. The van der Waals surface area contributed by atoms with E-state index in [1.165, 1.54) is 0 Å². The van der Waals surface area contributed by atoms with Gasteiger partial charge in [-0.2, -0.15) is 13.2 Å². The maximum Gasteiger partial charge on any atom is 0.434 e. The summed E-state index contributed by atoms with van der Waals surface area (Å²) in [6.07, 6.45) is -4.82. The van der Waals surface area contributed by atoms with Crippen LogP contribution in [0.1, 0.15) is 16.1 Å². The van der Waals surface area contributed by atoms with Gasteiger partial charge in [0.15, 0.2) is 5.69 Å². The first-order chi connectivity index (χ1) is 9.48. The standard InChI is InChI=1S/C12H15ClF4N2OSi/c1-21(2,3)8-6-7(11(20)18-5-4-14)9(12(15,16)17)19-10(8)13/h6H,4-5H2,1-3H3,(H,18,20). The SMILES string of the molecule is C[Si](C)(C)c1cc(C(=O)NCCF)c(C(F)(F)F)nc1Cl. The number of aromatic nitrogens is 1. The van der Waals surface area contributed by atoms with E-state index >= 15 is 0 Å². The monoisotopic (exact) mass is 342 g/mol. The lowest BCUT2D eigenvalue weighted by Crippen LogP contribution is -2.41. The molecular formula is C12H15ClF4N2OSi. The van der Waals surface area contributed by atoms with Crippen molar-refractivity contribution < 1.29 is 22.4 Å². The van der Waals surface area contributed by atoms with Crippen LogP contribution in [0.5, 0.6) is 0 Å². The molecule has 1 heterocycles. The van der Waals surface area contributed by atoms with E-state index in [0.29, 0.717) is 5.19 Å². The highest BCUT2D eigenvalue weighted by atomic mass is 35.5. The van der Waals surface area contributed by atoms with E-state index < -0.39 is 38.1 Å². The number of nitrogens with one attached hydrogen (secondary N) is 1. The van der Waals surface area contributed by atoms with Crippen LogP contribution in [0.25, 0.3) is 0 Å². The molecule has 0 fully saturated rings. The van der Waals surface area contributed by atoms with Crippen molar-refractivity contribution in [3.8, 4) is 0 Å². The van der Waals surface area contributed by atoms with Crippen molar-refractivity contribution in [1.82, 2.24) is 10.3 Å². The summed E-state index contributed by atoms with van der Waals surface area (Å²) in [6, 6.07) is 1.12. The molecule has 0 radical (unpaired) electrons. The van der Waals surface area contributed by atoms with E-state index in [2.05, 4.69) is 10.3 Å². The molecule has 0 aliphatic rings. The van der Waals surface area contributed by atoms with Gasteiger partial charge in [0.2, 0.25) is 0 Å². The molecule has 3 nitrogen and oxygen atoms in total. The number of rotatable bonds is 4. The lowest BCUT2D eigenvalue weighted by molar-refractivity contribution is -0.141. The average molecular weight is 343 g/mol. The highest BCUT2D eigenvalue weighted by molar-refractivity contribution is 6.90. The van der Waals surface area contributed by atoms with Gasteiger partial charge in [-0.15, -0.1) is 0 Å². The first-order valence-corrected chi connectivity index (χ1v) is 9.98. The number of carbonyl (C=O) groups is 1. The highest BCUT2D eigenvalue weighted by Gasteiger charge is 2.39. The molecule has 118 valence electrons. The minimum atomic E-state index is -4.82. The van der Waals surface area contributed by atoms with Gasteiger partial charge >= 0.3 is 6.18 Å². The van der Waals surface area contributed by atoms with Crippen molar-refractivity contribution in [2.75, 3.05) is 13.2 Å². The normalized spacial score (nSPS) is 12.4. The smallest absolute Gasteiger partial charge is 0.349 e. The van der Waals surface area contributed by atoms with Crippen LogP contribution in [0.4, 0.5) is 17.6 Å². The Labute approximate surface area is 125 Å². The lowest BCUT2D eigenvalue weighted by atomic mass is 10.1. The fourth-order valence-corrected chi connectivity index (χ4v) is 3.90. The van der Waals surface area contributed by atoms with Gasteiger partial charge in [-0.1, -0.05) is 31.2 Å². The van der Waals surface area contributed by atoms with Crippen molar-refractivity contribution in [2.24, 2.45) is 0 Å². The number of carbonyl (C=O) groups excluding carboxylic acids is 1. The summed E-state index contributed by atoms with van der Waals surface area (Å²) >= 11 is 5.83. The molecule has 0 atom stereocenters. The van der Waals surface area contributed by atoms with E-state index in [9.17, 15) is 22.4 Å². The summed E-state index contributed by atoms with van der Waals surface area (Å²) in [6.45, 7) is 4.38. The van der Waals surface area contributed by atoms with Gasteiger partial charge in [-0.3, -0.25) is 4.79 Å². The molecule has 0 aliphatic heterocycles. The molecule has 1 rings (SSSR count). The van der Waals surface area contributed by atoms with Crippen LogP contribution >= 0.6 is 11.6 Å². The van der Waals surface area contributed by atoms with Gasteiger partial charge in [0, 0.05) is 6.54 Å². The maximum absolute atomic E-state index is 13.0. The second-order valence-corrected chi connectivity index (χ2v) is 10.8. The van der Waals surface area contributed by atoms with Crippen LogP contribution in [0.2, 0.25) is 24.8 Å². The third kappa shape index (κ3) is 4.41. The summed E-state index contributed by atoms with van der Waals surface area (Å²) in [7, 11) is -2.08. The molecule has 1 aromatic rings. The summed E-state index contributed by atoms with van der Waals surface area (Å²) in [4.78, 5) is 15.2. The van der Waals surface area contributed by atoms with Crippen molar-refractivity contribution >= 4 is 30.8 Å². The van der Waals surface area contributed by atoms with E-state index in [1.807, 2.05) is 19.6 Å². The molecule has 0 spiro atoms. The Morgan fingerprint density at radius 2 is 1.95 bits per heavy atom. The number of hydrogen-bond acceptors (Lipinski definition) is 2. The zero-order chi connectivity index (χ0) is 16.4. The Kier molecular flexibility index (Phi) is 5.38. The molecule has 0 aromatic carbocycles. The minimum Gasteiger partial charge on any atom is -0.349 e. The Bertz CT molecular complexity index is 543. The molecule has 0 unspecified atom stereocenters. The Balaban J connectivity index is 3.46. The molecule has 1 amide bonds. The fraction of sp³-hybridized carbons (Fsp3) is 0.500. The topological polar surface area (TPSA) is 42.0 Å². The number of hydrogen-bond donors (Lipinski definition) is 1. The Morgan fingerprint density at radius 3 is 2.38 bits per heavy atom. The highest BCUT2D eigenvalue weighted by Crippen LogP contribution is 2.31. The van der Waals surface area contributed by atoms with E-state index in [1.54, 1.807) is 0 Å². The number of halogens is 5. The van der Waals surface area contributed by atoms with Crippen LogP contribution in [-0.4, -0.2) is 32.2 Å². The number of alkyl halides is 4. The molecule has 9 heteroatoms. The van der Waals surface area contributed by atoms with Crippen molar-refractivity contribution in [3.05, 3.63) is 22.5 Å². The van der Waals surface area contributed by atoms with Crippen molar-refractivity contribution in [3.63, 3.8) is 0 Å². The third-order valence-electron chi connectivity index (χ3n) is 2.68. The quantitative estimate of drug-likeness (QED) is 0.519. The van der Waals surface area contributed by atoms with Crippen LogP contribution in [0, 0.1) is 0 Å². The predicted molar refractivity (Wildman–Crippen MR) is 75.5 cm³/mol. The van der Waals surface area contributed by atoms with E-state index in [4.69, 9.17) is 11.6 Å². The second-order valence-electron chi connectivity index (χ2n) is 5.42. The van der Waals surface area contributed by atoms with Gasteiger partial charge in [-0.05, 0) is 11.3 Å². The first kappa shape index (κ1) is 17.9. The summed E-state index contributed by atoms with van der Waals surface area (Å²) in [5.41, 5.74) is -1.98. The lowest BCUT2D eigenvalue weighted by Gasteiger charge is -2.21. The van der Waals surface area contributed by atoms with Gasteiger partial charge in [0.05, 0.1) is 13.6 Å². The van der Waals surface area contributed by atoms with E-state index in [0.717, 1.165) is 6.07 Å². The Morgan fingerprint density at radius 1 is 1.38 bits per heavy atom.